The smallest absolute Gasteiger partial charge is 0.306 e. The number of anilines is 1. The van der Waals surface area contributed by atoms with E-state index in [-0.39, 0.29) is 132 Å². The summed E-state index contributed by atoms with van der Waals surface area (Å²) in [5.41, 5.74) is 12.1. The number of hydrogen-bond donors (Lipinski definition) is 2. The number of carbonyl (C=O) groups is 6. The summed E-state index contributed by atoms with van der Waals surface area (Å²) in [7, 11) is 1.62. The van der Waals surface area contributed by atoms with Gasteiger partial charge in [-0.15, -0.1) is 0 Å². The third-order valence-electron chi connectivity index (χ3n) is 18.2. The van der Waals surface area contributed by atoms with Gasteiger partial charge < -0.3 is 30.4 Å². The van der Waals surface area contributed by atoms with Gasteiger partial charge in [0.05, 0.1) is 94.8 Å². The van der Waals surface area contributed by atoms with Crippen LogP contribution in [0.15, 0.2) is 116 Å². The molecule has 0 saturated heterocycles. The molecule has 4 saturated carbocycles. The Morgan fingerprint density at radius 1 is 0.450 bits per heavy atom. The van der Waals surface area contributed by atoms with E-state index in [0.717, 1.165) is 69.1 Å². The van der Waals surface area contributed by atoms with Gasteiger partial charge in [0.25, 0.3) is 0 Å². The summed E-state index contributed by atoms with van der Waals surface area (Å²) >= 11 is 29.9. The van der Waals surface area contributed by atoms with Crippen LogP contribution in [0, 0.1) is 46.9 Å². The second kappa shape index (κ2) is 36.6. The number of nitrogen functional groups attached to an aromatic ring is 1. The number of nitrogens with zero attached hydrogens (tertiary/aromatic N) is 6. The molecule has 0 aliphatic heterocycles. The minimum atomic E-state index is -0.736. The number of rotatable bonds is 24. The largest absolute Gasteiger partial charge is 0.497 e. The van der Waals surface area contributed by atoms with Crippen molar-refractivity contribution in [2.45, 2.75) is 186 Å². The average molecular weight is 1600 g/mol. The maximum Gasteiger partial charge on any atom is 0.306 e. The molecule has 4 aliphatic carbocycles. The molecule has 0 radical (unpaired) electrons. The van der Waals surface area contributed by atoms with Crippen LogP contribution >= 0.6 is 58.0 Å². The zero-order valence-electron chi connectivity index (χ0n) is 62.1. The first-order valence-corrected chi connectivity index (χ1v) is 37.7. The van der Waals surface area contributed by atoms with Crippen LogP contribution in [0.5, 0.6) is 5.75 Å². The number of hydrogen-bond acceptors (Lipinski definition) is 18. The third kappa shape index (κ3) is 24.2. The Bertz CT molecular complexity index is 4610. The van der Waals surface area contributed by atoms with Crippen molar-refractivity contribution in [2.75, 3.05) is 12.8 Å². The average Bonchev–Trinajstić information content (AvgIpc) is 1.37. The molecular weight excluding hydrogens is 1510 g/mol. The summed E-state index contributed by atoms with van der Waals surface area (Å²) < 4.78 is 81.4. The Labute approximate surface area is 656 Å². The molecular formula is C82H87Cl5F4N8O10. The van der Waals surface area contributed by atoms with E-state index in [1.54, 1.807) is 66.9 Å². The van der Waals surface area contributed by atoms with Crippen LogP contribution in [0.1, 0.15) is 238 Å². The van der Waals surface area contributed by atoms with Gasteiger partial charge in [0.1, 0.15) is 73.9 Å². The molecule has 3 heterocycles. The summed E-state index contributed by atoms with van der Waals surface area (Å²) in [4.78, 5) is 99.4. The van der Waals surface area contributed by atoms with Crippen LogP contribution < -0.4 is 16.2 Å². The summed E-state index contributed by atoms with van der Waals surface area (Å²) in [6.45, 7) is 16.2. The molecule has 18 nitrogen and oxygen atoms in total. The first kappa shape index (κ1) is 84.5. The fraction of sp³-hybridized carbons (Fsp3) is 0.415. The summed E-state index contributed by atoms with van der Waals surface area (Å²) in [5.74, 6) is -4.48. The molecule has 27 heteroatoms. The number of carbonyl (C=O) groups excluding carboxylic acids is 6. The van der Waals surface area contributed by atoms with Crippen LogP contribution in [-0.2, 0) is 41.4 Å². The van der Waals surface area contributed by atoms with Gasteiger partial charge >= 0.3 is 17.9 Å². The minimum Gasteiger partial charge on any atom is -0.497 e. The molecule has 109 heavy (non-hydrogen) atoms. The monoisotopic (exact) mass is 1590 g/mol. The quantitative estimate of drug-likeness (QED) is 0.0246. The van der Waals surface area contributed by atoms with E-state index in [0.29, 0.717) is 39.7 Å². The van der Waals surface area contributed by atoms with E-state index in [9.17, 15) is 37.5 Å². The number of benzene rings is 5. The highest BCUT2D eigenvalue weighted by atomic mass is 35.5. The lowest BCUT2D eigenvalue weighted by molar-refractivity contribution is -0.156. The second-order valence-corrected chi connectivity index (χ2v) is 32.5. The Balaban J connectivity index is 0.000000173. The van der Waals surface area contributed by atoms with E-state index < -0.39 is 69.6 Å². The summed E-state index contributed by atoms with van der Waals surface area (Å²) in [5, 5.41) is 0.479. The van der Waals surface area contributed by atoms with Gasteiger partial charge in [-0.1, -0.05) is 94.4 Å². The normalized spacial score (nSPS) is 15.2. The molecule has 0 amide bonds. The van der Waals surface area contributed by atoms with Crippen LogP contribution in [0.3, 0.4) is 0 Å². The summed E-state index contributed by atoms with van der Waals surface area (Å²) in [6.07, 6.45) is 16.9. The van der Waals surface area contributed by atoms with Crippen LogP contribution in [0.2, 0.25) is 25.2 Å². The highest BCUT2D eigenvalue weighted by molar-refractivity contribution is 6.36. The fourth-order valence-electron chi connectivity index (χ4n) is 12.4. The zero-order valence-corrected chi connectivity index (χ0v) is 65.9. The van der Waals surface area contributed by atoms with Crippen molar-refractivity contribution in [1.82, 2.24) is 29.9 Å². The van der Waals surface area contributed by atoms with Crippen molar-refractivity contribution in [1.29, 1.82) is 0 Å². The van der Waals surface area contributed by atoms with Crippen molar-refractivity contribution >= 4 is 99.1 Å². The molecule has 578 valence electrons. The van der Waals surface area contributed by atoms with Crippen molar-refractivity contribution in [2.24, 2.45) is 29.4 Å². The van der Waals surface area contributed by atoms with Crippen molar-refractivity contribution in [3.63, 3.8) is 0 Å². The Morgan fingerprint density at radius 2 is 0.826 bits per heavy atom. The lowest BCUT2D eigenvalue weighted by atomic mass is 9.88. The number of ether oxygens (including phenoxy) is 4. The number of methoxy groups -OCH3 is 1. The molecule has 3 aromatic heterocycles. The molecule has 4 aliphatic rings. The number of aryl methyl sites for hydroxylation is 2. The first-order valence-electron chi connectivity index (χ1n) is 35.8. The standard InChI is InChI=1S/C30H32ClFN2O4.C21H21Cl2FN2O3.C16H20ClFO2.C15H14ClFN4O/c1-30(2,3)38-26(35)15-23(19-8-9-19)22-13-14-24(31)27(28(22)32)29(36)25-17-33-20(16-34-25)10-5-18-6-11-21(37-4)12-7-18;1-21(2,3)29-17(27)8-13(11-4-5-11)12-6-7-14(22)18(19(12)24)20(28)15-9-26-16(23)10-25-15;1-16(2,3)20-15(19)9-13(10-4-5-10)12-7-6-11(17)8-14(12)18;16-9-4-3-8(14(19)7-1-2-7)13(17)12(9)15(22)10-5-21-11(18)6-20-10/h6-7,11-14,16-17,19,23H,5,8-10,15H2,1-4H3;6-7,9-11,13H,4-5,8H2,1-3H3;6-8,10,13H,4-5,9H2,1-3H3;3-7,14H,1-2,19H2,(H2,18,21)/t23-;2*13-;14-/m1111/s1. The van der Waals surface area contributed by atoms with E-state index in [1.165, 1.54) is 73.6 Å². The lowest BCUT2D eigenvalue weighted by Crippen LogP contribution is -2.25. The van der Waals surface area contributed by atoms with Gasteiger partial charge in [-0.25, -0.2) is 42.5 Å². The van der Waals surface area contributed by atoms with Gasteiger partial charge in [-0.05, 0) is 215 Å². The highest BCUT2D eigenvalue weighted by Crippen LogP contribution is 2.49. The van der Waals surface area contributed by atoms with Crippen LogP contribution in [0.4, 0.5) is 23.4 Å². The maximum absolute atomic E-state index is 15.8. The number of nitrogens with two attached hydrogens (primary N) is 2. The molecule has 12 rings (SSSR count). The van der Waals surface area contributed by atoms with E-state index in [4.69, 9.17) is 88.4 Å². The van der Waals surface area contributed by atoms with Gasteiger partial charge in [0.15, 0.2) is 0 Å². The molecule has 4 fully saturated rings. The number of esters is 3. The highest BCUT2D eigenvalue weighted by Gasteiger charge is 2.41. The van der Waals surface area contributed by atoms with Gasteiger partial charge in [-0.2, -0.15) is 0 Å². The van der Waals surface area contributed by atoms with Gasteiger partial charge in [0.2, 0.25) is 17.3 Å². The van der Waals surface area contributed by atoms with Crippen molar-refractivity contribution in [3.8, 4) is 5.75 Å². The predicted octanol–water partition coefficient (Wildman–Crippen LogP) is 19.1. The van der Waals surface area contributed by atoms with Crippen LogP contribution in [-0.4, -0.2) is 89.1 Å². The third-order valence-corrected chi connectivity index (χ3v) is 19.6. The molecule has 0 bridgehead atoms. The van der Waals surface area contributed by atoms with E-state index in [1.807, 2.05) is 45.0 Å². The Morgan fingerprint density at radius 3 is 1.18 bits per heavy atom. The molecule has 4 atom stereocenters. The predicted molar refractivity (Wildman–Crippen MR) is 409 cm³/mol. The SMILES string of the molecule is CC(C)(C)OC(=O)C[C@@H](c1ccc(Cl)c(C(=O)c2cnc(Cl)cn2)c1F)C1CC1.CC(C)(C)OC(=O)C[C@@H](c1ccc(Cl)cc1F)C1CC1.COc1ccc(CCc2cnc(C(=O)c3c(Cl)ccc([C@H](CC(=O)OC(C)(C)C)C4CC4)c3F)cn2)cc1.Nc1cnc(C(=O)c2c(Cl)ccc([C@H](N)C3CC3)c2F)cn1. The number of ketones is 3. The number of aromatic nitrogens is 6. The fourth-order valence-corrected chi connectivity index (χ4v) is 13.3. The molecule has 5 aromatic carbocycles. The zero-order chi connectivity index (χ0) is 79.6. The topological polar surface area (TPSA) is 269 Å². The first-order chi connectivity index (χ1) is 51.4. The second-order valence-electron chi connectivity index (χ2n) is 30.5. The Kier molecular flexibility index (Phi) is 28.3. The van der Waals surface area contributed by atoms with E-state index in [2.05, 4.69) is 29.9 Å². The minimum absolute atomic E-state index is 0.00580. The molecule has 8 aromatic rings. The Hall–Kier alpha value is -8.51. The van der Waals surface area contributed by atoms with E-state index >= 15 is 8.78 Å². The van der Waals surface area contributed by atoms with Gasteiger partial charge in [-0.3, -0.25) is 33.8 Å². The van der Waals surface area contributed by atoms with Crippen molar-refractivity contribution in [3.05, 3.63) is 232 Å². The maximum atomic E-state index is 15.8. The van der Waals surface area contributed by atoms with Gasteiger partial charge in [0, 0.05) is 40.6 Å². The van der Waals surface area contributed by atoms with Crippen molar-refractivity contribution < 1.29 is 65.3 Å². The lowest BCUT2D eigenvalue weighted by Gasteiger charge is -2.23. The molecule has 0 spiro atoms. The number of halogens is 9. The molecule has 0 unspecified atom stereocenters. The van der Waals surface area contributed by atoms with Crippen LogP contribution in [0.25, 0.3) is 0 Å². The summed E-state index contributed by atoms with van der Waals surface area (Å²) in [6, 6.07) is 21.1. The molecule has 4 N–H and O–H groups in total.